The fourth-order valence-corrected chi connectivity index (χ4v) is 1.48. The third-order valence-corrected chi connectivity index (χ3v) is 2.39. The molecule has 1 aromatic carbocycles. The average Bonchev–Trinajstić information content (AvgIpc) is 2.81. The van der Waals surface area contributed by atoms with Crippen LogP contribution >= 0.6 is 0 Å². The van der Waals surface area contributed by atoms with E-state index in [4.69, 9.17) is 4.74 Å². The monoisotopic (exact) mass is 233 g/mol. The summed E-state index contributed by atoms with van der Waals surface area (Å²) in [7, 11) is 0. The van der Waals surface area contributed by atoms with E-state index in [9.17, 15) is 5.11 Å². The molecular formula is C12H15N3O2. The van der Waals surface area contributed by atoms with Gasteiger partial charge in [-0.2, -0.15) is 5.10 Å². The molecule has 0 saturated carbocycles. The van der Waals surface area contributed by atoms with Crippen molar-refractivity contribution >= 4 is 0 Å². The summed E-state index contributed by atoms with van der Waals surface area (Å²) in [5.41, 5.74) is 1.16. The summed E-state index contributed by atoms with van der Waals surface area (Å²) in [5.74, 6) is 0.692. The fraction of sp³-hybridized carbons (Fsp3) is 0.333. The molecule has 2 rings (SSSR count). The Hall–Kier alpha value is -1.88. The van der Waals surface area contributed by atoms with Crippen LogP contribution in [0.4, 0.5) is 0 Å². The minimum absolute atomic E-state index is 0.569. The highest BCUT2D eigenvalue weighted by Gasteiger charge is 2.19. The molecule has 5 heteroatoms. The number of ether oxygens (including phenoxy) is 1. The van der Waals surface area contributed by atoms with Gasteiger partial charge in [-0.15, -0.1) is 0 Å². The second-order valence-corrected chi connectivity index (χ2v) is 3.94. The van der Waals surface area contributed by atoms with Gasteiger partial charge in [-0.1, -0.05) is 17.7 Å². The number of nitrogens with zero attached hydrogens (tertiary/aromatic N) is 3. The van der Waals surface area contributed by atoms with E-state index in [1.807, 2.05) is 31.2 Å². The molecule has 1 N–H and O–H groups in total. The van der Waals surface area contributed by atoms with Crippen molar-refractivity contribution in [2.24, 2.45) is 0 Å². The molecule has 1 aromatic heterocycles. The Bertz CT molecular complexity index is 451. The maximum Gasteiger partial charge on any atom is 0.218 e. The van der Waals surface area contributed by atoms with Gasteiger partial charge in [-0.05, 0) is 26.0 Å². The molecule has 0 aliphatic heterocycles. The van der Waals surface area contributed by atoms with Gasteiger partial charge in [0.15, 0.2) is 0 Å². The van der Waals surface area contributed by atoms with E-state index in [0.29, 0.717) is 5.75 Å². The Balaban J connectivity index is 2.16. The molecule has 1 heterocycles. The van der Waals surface area contributed by atoms with E-state index >= 15 is 0 Å². The predicted molar refractivity (Wildman–Crippen MR) is 62.5 cm³/mol. The summed E-state index contributed by atoms with van der Waals surface area (Å²) in [6.45, 7) is 3.66. The molecule has 17 heavy (non-hydrogen) atoms. The third-order valence-electron chi connectivity index (χ3n) is 2.39. The van der Waals surface area contributed by atoms with Crippen LogP contribution < -0.4 is 4.74 Å². The van der Waals surface area contributed by atoms with Gasteiger partial charge < -0.3 is 9.84 Å². The van der Waals surface area contributed by atoms with Gasteiger partial charge in [0.05, 0.1) is 0 Å². The summed E-state index contributed by atoms with van der Waals surface area (Å²) in [6.07, 6.45) is 1.68. The molecule has 0 spiro atoms. The lowest BCUT2D eigenvalue weighted by Crippen LogP contribution is -2.27. The van der Waals surface area contributed by atoms with Crippen molar-refractivity contribution in [2.75, 3.05) is 0 Å². The lowest BCUT2D eigenvalue weighted by molar-refractivity contribution is -0.00686. The summed E-state index contributed by atoms with van der Waals surface area (Å²) in [5, 5.41) is 13.7. The minimum Gasteiger partial charge on any atom is -0.466 e. The van der Waals surface area contributed by atoms with E-state index in [2.05, 4.69) is 10.1 Å². The standard InChI is InChI=1S/C12H15N3O2/c1-9-3-5-11(6-4-9)17-12(10(2)16)15-8-13-7-14-15/h3-8,10,12,16H,1-2H3. The summed E-state index contributed by atoms with van der Waals surface area (Å²) in [6, 6.07) is 7.63. The van der Waals surface area contributed by atoms with E-state index < -0.39 is 12.3 Å². The van der Waals surface area contributed by atoms with Crippen molar-refractivity contribution in [1.82, 2.24) is 14.8 Å². The SMILES string of the molecule is Cc1ccc(OC(C(C)O)n2cncn2)cc1. The van der Waals surface area contributed by atoms with E-state index in [0.717, 1.165) is 5.56 Å². The second-order valence-electron chi connectivity index (χ2n) is 3.94. The first-order valence-electron chi connectivity index (χ1n) is 5.42. The first-order chi connectivity index (χ1) is 8.16. The van der Waals surface area contributed by atoms with Crippen LogP contribution in [0.5, 0.6) is 5.75 Å². The largest absolute Gasteiger partial charge is 0.466 e. The highest BCUT2D eigenvalue weighted by Crippen LogP contribution is 2.19. The van der Waals surface area contributed by atoms with Gasteiger partial charge in [0.1, 0.15) is 24.5 Å². The van der Waals surface area contributed by atoms with Crippen molar-refractivity contribution in [3.63, 3.8) is 0 Å². The molecule has 90 valence electrons. The van der Waals surface area contributed by atoms with Crippen molar-refractivity contribution in [3.8, 4) is 5.75 Å². The Morgan fingerprint density at radius 1 is 1.29 bits per heavy atom. The lowest BCUT2D eigenvalue weighted by atomic mass is 10.2. The molecule has 2 atom stereocenters. The number of aliphatic hydroxyl groups is 1. The van der Waals surface area contributed by atoms with Gasteiger partial charge in [-0.3, -0.25) is 0 Å². The highest BCUT2D eigenvalue weighted by molar-refractivity contribution is 5.26. The van der Waals surface area contributed by atoms with Crippen molar-refractivity contribution in [1.29, 1.82) is 0 Å². The Labute approximate surface area is 99.7 Å². The van der Waals surface area contributed by atoms with Crippen molar-refractivity contribution in [3.05, 3.63) is 42.5 Å². The quantitative estimate of drug-likeness (QED) is 0.870. The van der Waals surface area contributed by atoms with Crippen LogP contribution in [-0.4, -0.2) is 26.0 Å². The molecule has 2 unspecified atom stereocenters. The molecule has 0 saturated heterocycles. The van der Waals surface area contributed by atoms with E-state index in [-0.39, 0.29) is 0 Å². The summed E-state index contributed by atoms with van der Waals surface area (Å²) >= 11 is 0. The zero-order valence-electron chi connectivity index (χ0n) is 9.82. The van der Waals surface area contributed by atoms with Crippen LogP contribution in [0, 0.1) is 6.92 Å². The van der Waals surface area contributed by atoms with Crippen LogP contribution in [-0.2, 0) is 0 Å². The Morgan fingerprint density at radius 2 is 2.00 bits per heavy atom. The number of aliphatic hydroxyl groups excluding tert-OH is 1. The van der Waals surface area contributed by atoms with Gasteiger partial charge in [0.2, 0.25) is 6.23 Å². The molecule has 2 aromatic rings. The predicted octanol–water partition coefficient (Wildman–Crippen LogP) is 1.54. The Morgan fingerprint density at radius 3 is 2.53 bits per heavy atom. The highest BCUT2D eigenvalue weighted by atomic mass is 16.5. The molecule has 0 amide bonds. The van der Waals surface area contributed by atoms with Crippen LogP contribution in [0.3, 0.4) is 0 Å². The third kappa shape index (κ3) is 2.82. The van der Waals surface area contributed by atoms with Gasteiger partial charge in [0, 0.05) is 0 Å². The average molecular weight is 233 g/mol. The first-order valence-corrected chi connectivity index (χ1v) is 5.42. The normalized spacial score (nSPS) is 14.3. The molecule has 0 aliphatic rings. The maximum atomic E-state index is 9.69. The van der Waals surface area contributed by atoms with Gasteiger partial charge in [-0.25, -0.2) is 9.67 Å². The number of aryl methyl sites for hydroxylation is 1. The first kappa shape index (κ1) is 11.6. The zero-order valence-corrected chi connectivity index (χ0v) is 9.82. The van der Waals surface area contributed by atoms with Crippen LogP contribution in [0.15, 0.2) is 36.9 Å². The summed E-state index contributed by atoms with van der Waals surface area (Å²) < 4.78 is 7.18. The van der Waals surface area contributed by atoms with Crippen LogP contribution in [0.2, 0.25) is 0 Å². The number of hydrogen-bond donors (Lipinski definition) is 1. The van der Waals surface area contributed by atoms with Gasteiger partial charge in [0.25, 0.3) is 0 Å². The molecule has 0 bridgehead atoms. The molecular weight excluding hydrogens is 218 g/mol. The van der Waals surface area contributed by atoms with E-state index in [1.165, 1.54) is 17.3 Å². The number of aromatic nitrogens is 3. The fourth-order valence-electron chi connectivity index (χ4n) is 1.48. The molecule has 0 fully saturated rings. The van der Waals surface area contributed by atoms with Crippen LogP contribution in [0.25, 0.3) is 0 Å². The number of hydrogen-bond acceptors (Lipinski definition) is 4. The smallest absolute Gasteiger partial charge is 0.218 e. The lowest BCUT2D eigenvalue weighted by Gasteiger charge is -2.21. The van der Waals surface area contributed by atoms with Crippen molar-refractivity contribution in [2.45, 2.75) is 26.2 Å². The molecule has 5 nitrogen and oxygen atoms in total. The van der Waals surface area contributed by atoms with Crippen LogP contribution in [0.1, 0.15) is 18.7 Å². The minimum atomic E-state index is -0.682. The maximum absolute atomic E-state index is 9.69. The zero-order chi connectivity index (χ0) is 12.3. The molecule has 0 radical (unpaired) electrons. The number of benzene rings is 1. The van der Waals surface area contributed by atoms with E-state index in [1.54, 1.807) is 6.92 Å². The van der Waals surface area contributed by atoms with Gasteiger partial charge >= 0.3 is 0 Å². The molecule has 0 aliphatic carbocycles. The second kappa shape index (κ2) is 4.97. The van der Waals surface area contributed by atoms with Crippen molar-refractivity contribution < 1.29 is 9.84 Å². The number of rotatable bonds is 4. The Kier molecular flexibility index (Phi) is 3.39. The summed E-state index contributed by atoms with van der Waals surface area (Å²) in [4.78, 5) is 3.84. The topological polar surface area (TPSA) is 60.2 Å².